The Bertz CT molecular complexity index is 1180. The van der Waals surface area contributed by atoms with Crippen LogP contribution in [0.5, 0.6) is 17.2 Å². The summed E-state index contributed by atoms with van der Waals surface area (Å²) in [5.41, 5.74) is 2.66. The number of hydrogen-bond acceptors (Lipinski definition) is 7. The molecule has 0 saturated carbocycles. The summed E-state index contributed by atoms with van der Waals surface area (Å²) < 4.78 is 23.9. The first-order valence-electron chi connectivity index (χ1n) is 10.6. The molecule has 1 saturated heterocycles. The van der Waals surface area contributed by atoms with Gasteiger partial charge in [-0.3, -0.25) is 4.99 Å². The van der Waals surface area contributed by atoms with E-state index in [1.807, 2.05) is 40.4 Å². The molecule has 2 heterocycles. The predicted octanol–water partition coefficient (Wildman–Crippen LogP) is 4.86. The highest BCUT2D eigenvalue weighted by Gasteiger charge is 2.16. The Morgan fingerprint density at radius 2 is 1.82 bits per heavy atom. The van der Waals surface area contributed by atoms with Gasteiger partial charge < -0.3 is 18.9 Å². The second-order valence-corrected chi connectivity index (χ2v) is 8.66. The van der Waals surface area contributed by atoms with Crippen molar-refractivity contribution in [2.45, 2.75) is 18.9 Å². The second kappa shape index (κ2) is 10.9. The zero-order chi connectivity index (χ0) is 23.2. The summed E-state index contributed by atoms with van der Waals surface area (Å²) in [7, 11) is 4.80. The van der Waals surface area contributed by atoms with E-state index >= 15 is 0 Å². The van der Waals surface area contributed by atoms with Crippen LogP contribution in [0.25, 0.3) is 11.3 Å². The van der Waals surface area contributed by atoms with Crippen LogP contribution in [-0.4, -0.2) is 51.5 Å². The minimum atomic E-state index is 0.162. The highest BCUT2D eigenvalue weighted by atomic mass is 35.5. The molecule has 1 aliphatic rings. The first kappa shape index (κ1) is 23.4. The molecule has 33 heavy (non-hydrogen) atoms. The molecule has 1 atom stereocenters. The Hall–Kier alpha value is -2.81. The van der Waals surface area contributed by atoms with Crippen LogP contribution >= 0.6 is 22.9 Å². The van der Waals surface area contributed by atoms with Crippen molar-refractivity contribution >= 4 is 29.2 Å². The van der Waals surface area contributed by atoms with Gasteiger partial charge in [0.15, 0.2) is 11.5 Å². The van der Waals surface area contributed by atoms with Crippen molar-refractivity contribution in [2.75, 3.05) is 34.5 Å². The molecule has 1 unspecified atom stereocenters. The topological polar surface area (TPSA) is 66.6 Å². The van der Waals surface area contributed by atoms with Crippen LogP contribution in [0.1, 0.15) is 18.4 Å². The maximum atomic E-state index is 6.09. The Labute approximate surface area is 201 Å². The number of nitrogens with zero attached hydrogens (tertiary/aromatic N) is 3. The smallest absolute Gasteiger partial charge is 0.206 e. The van der Waals surface area contributed by atoms with E-state index in [2.05, 4.69) is 0 Å². The van der Waals surface area contributed by atoms with Gasteiger partial charge in [0.05, 0.1) is 45.9 Å². The third-order valence-corrected chi connectivity index (χ3v) is 6.43. The van der Waals surface area contributed by atoms with Crippen LogP contribution in [0.4, 0.5) is 0 Å². The SMILES string of the molecule is COc1cc(OC)c(OC)cc1C=Nn1c(-c2ccc(Cl)cc2)csc1=NCC1CCCO1. The van der Waals surface area contributed by atoms with E-state index in [1.165, 1.54) is 11.3 Å². The number of aromatic nitrogens is 1. The van der Waals surface area contributed by atoms with Crippen molar-refractivity contribution in [2.24, 2.45) is 10.1 Å². The average molecular weight is 488 g/mol. The van der Waals surface area contributed by atoms with Gasteiger partial charge in [0.25, 0.3) is 0 Å². The fraction of sp³-hybridized carbons (Fsp3) is 0.333. The van der Waals surface area contributed by atoms with Crippen LogP contribution in [0, 0.1) is 0 Å². The predicted molar refractivity (Wildman–Crippen MR) is 131 cm³/mol. The van der Waals surface area contributed by atoms with Crippen LogP contribution < -0.4 is 19.0 Å². The Kier molecular flexibility index (Phi) is 7.69. The molecule has 1 aliphatic heterocycles. The summed E-state index contributed by atoms with van der Waals surface area (Å²) in [5, 5.41) is 7.50. The third kappa shape index (κ3) is 5.40. The van der Waals surface area contributed by atoms with Gasteiger partial charge in [-0.05, 0) is 31.0 Å². The molecular formula is C24H26ClN3O4S. The summed E-state index contributed by atoms with van der Waals surface area (Å²) >= 11 is 7.63. The number of ether oxygens (including phenoxy) is 4. The molecule has 3 aromatic rings. The zero-order valence-electron chi connectivity index (χ0n) is 18.8. The summed E-state index contributed by atoms with van der Waals surface area (Å²) in [5.74, 6) is 1.80. The number of thiazole rings is 1. The number of rotatable bonds is 8. The molecule has 0 radical (unpaired) electrons. The monoisotopic (exact) mass is 487 g/mol. The average Bonchev–Trinajstić information content (AvgIpc) is 3.51. The molecule has 1 aromatic heterocycles. The van der Waals surface area contributed by atoms with Crippen LogP contribution in [-0.2, 0) is 4.74 Å². The lowest BCUT2D eigenvalue weighted by atomic mass is 10.2. The molecule has 0 spiro atoms. The first-order valence-corrected chi connectivity index (χ1v) is 11.8. The van der Waals surface area contributed by atoms with E-state index in [0.717, 1.165) is 41.1 Å². The molecule has 1 fully saturated rings. The highest BCUT2D eigenvalue weighted by Crippen LogP contribution is 2.34. The Morgan fingerprint density at radius 3 is 2.48 bits per heavy atom. The van der Waals surface area contributed by atoms with Crippen molar-refractivity contribution in [1.29, 1.82) is 0 Å². The van der Waals surface area contributed by atoms with Crippen molar-refractivity contribution in [3.05, 3.63) is 57.2 Å². The molecule has 174 valence electrons. The van der Waals surface area contributed by atoms with Crippen molar-refractivity contribution in [1.82, 2.24) is 4.68 Å². The quantitative estimate of drug-likeness (QED) is 0.426. The van der Waals surface area contributed by atoms with Gasteiger partial charge in [-0.1, -0.05) is 23.7 Å². The van der Waals surface area contributed by atoms with Gasteiger partial charge in [0.2, 0.25) is 4.80 Å². The van der Waals surface area contributed by atoms with Gasteiger partial charge in [-0.25, -0.2) is 4.68 Å². The normalized spacial score (nSPS) is 16.5. The fourth-order valence-electron chi connectivity index (χ4n) is 3.58. The maximum Gasteiger partial charge on any atom is 0.206 e. The minimum Gasteiger partial charge on any atom is -0.496 e. The Balaban J connectivity index is 1.76. The van der Waals surface area contributed by atoms with Crippen molar-refractivity contribution in [3.63, 3.8) is 0 Å². The minimum absolute atomic E-state index is 0.162. The summed E-state index contributed by atoms with van der Waals surface area (Å²) in [6, 6.07) is 11.3. The molecule has 2 aromatic carbocycles. The third-order valence-electron chi connectivity index (χ3n) is 5.33. The van der Waals surface area contributed by atoms with Gasteiger partial charge >= 0.3 is 0 Å². The van der Waals surface area contributed by atoms with Crippen LogP contribution in [0.3, 0.4) is 0 Å². The van der Waals surface area contributed by atoms with Crippen LogP contribution in [0.2, 0.25) is 5.02 Å². The van der Waals surface area contributed by atoms with E-state index in [-0.39, 0.29) is 6.10 Å². The molecule has 0 aliphatic carbocycles. The standard InChI is InChI=1S/C24H26ClN3O4S/c1-29-21-12-23(31-3)22(30-2)11-17(21)13-27-28-20(16-6-8-18(25)9-7-16)15-33-24(28)26-14-19-5-4-10-32-19/h6-9,11-13,15,19H,4-5,10,14H2,1-3H3. The molecule has 0 bridgehead atoms. The number of methoxy groups -OCH3 is 3. The number of halogens is 1. The van der Waals surface area contributed by atoms with Gasteiger partial charge in [0.1, 0.15) is 5.75 Å². The molecule has 0 amide bonds. The number of benzene rings is 2. The lowest BCUT2D eigenvalue weighted by Crippen LogP contribution is -2.17. The first-order chi connectivity index (χ1) is 16.1. The second-order valence-electron chi connectivity index (χ2n) is 7.39. The fourth-order valence-corrected chi connectivity index (χ4v) is 4.55. The molecule has 0 N–H and O–H groups in total. The summed E-state index contributed by atoms with van der Waals surface area (Å²) in [6.07, 6.45) is 4.01. The summed E-state index contributed by atoms with van der Waals surface area (Å²) in [4.78, 5) is 5.59. The van der Waals surface area contributed by atoms with Gasteiger partial charge in [-0.15, -0.1) is 11.3 Å². The lowest BCUT2D eigenvalue weighted by Gasteiger charge is -2.12. The molecular weight excluding hydrogens is 462 g/mol. The van der Waals surface area contributed by atoms with E-state index in [4.69, 9.17) is 40.6 Å². The molecule has 9 heteroatoms. The maximum absolute atomic E-state index is 6.09. The molecule has 4 rings (SSSR count). The lowest BCUT2D eigenvalue weighted by molar-refractivity contribution is 0.117. The van der Waals surface area contributed by atoms with Crippen molar-refractivity contribution in [3.8, 4) is 28.5 Å². The van der Waals surface area contributed by atoms with Crippen LogP contribution in [0.15, 0.2) is 51.9 Å². The molecule has 7 nitrogen and oxygen atoms in total. The highest BCUT2D eigenvalue weighted by molar-refractivity contribution is 7.07. The van der Waals surface area contributed by atoms with Crippen molar-refractivity contribution < 1.29 is 18.9 Å². The Morgan fingerprint density at radius 1 is 1.09 bits per heavy atom. The van der Waals surface area contributed by atoms with E-state index in [0.29, 0.717) is 28.8 Å². The number of hydrogen-bond donors (Lipinski definition) is 0. The van der Waals surface area contributed by atoms with Gasteiger partial charge in [-0.2, -0.15) is 5.10 Å². The van der Waals surface area contributed by atoms with E-state index in [9.17, 15) is 0 Å². The summed E-state index contributed by atoms with van der Waals surface area (Å²) in [6.45, 7) is 1.41. The van der Waals surface area contributed by atoms with E-state index in [1.54, 1.807) is 33.6 Å². The largest absolute Gasteiger partial charge is 0.496 e. The van der Waals surface area contributed by atoms with E-state index < -0.39 is 0 Å². The zero-order valence-corrected chi connectivity index (χ0v) is 20.4. The van der Waals surface area contributed by atoms with Gasteiger partial charge in [0, 0.05) is 34.2 Å².